The Balaban J connectivity index is 1.77. The van der Waals surface area contributed by atoms with E-state index in [2.05, 4.69) is 90.2 Å². The molecule has 1 N–H and O–H groups in total. The third-order valence-electron chi connectivity index (χ3n) is 6.43. The Hall–Kier alpha value is -3.62. The first kappa shape index (κ1) is 27.0. The van der Waals surface area contributed by atoms with Crippen LogP contribution in [0.4, 0.5) is 0 Å². The molecule has 5 aromatic carbocycles. The molecular weight excluding hydrogens is 537 g/mol. The van der Waals surface area contributed by atoms with Crippen molar-refractivity contribution in [2.24, 2.45) is 0 Å². The standard InChI is InChI=1S/C34H27ClNOPS/c35-32(39-26-27-16-6-1-7-17-27)34(36-33(37)28-18-8-2-9-19-28)38(29-20-10-3-11-21-29,30-22-12-4-13-23-30)31-24-14-5-15-25-31/h1-25H,26H2/p+1. The van der Waals surface area contributed by atoms with E-state index in [0.29, 0.717) is 15.7 Å². The van der Waals surface area contributed by atoms with Crippen molar-refractivity contribution in [1.82, 2.24) is 5.32 Å². The smallest absolute Gasteiger partial charge is 0.258 e. The molecule has 0 aliphatic carbocycles. The van der Waals surface area contributed by atoms with Crippen LogP contribution in [0.2, 0.25) is 0 Å². The summed E-state index contributed by atoms with van der Waals surface area (Å²) in [6.45, 7) is 0. The number of carbonyl (C=O) groups excluding carboxylic acids is 1. The van der Waals surface area contributed by atoms with Gasteiger partial charge in [-0.15, -0.1) is 11.8 Å². The zero-order valence-corrected chi connectivity index (χ0v) is 23.7. The van der Waals surface area contributed by atoms with E-state index in [0.717, 1.165) is 26.9 Å². The molecule has 5 rings (SSSR count). The topological polar surface area (TPSA) is 29.1 Å². The number of amides is 1. The predicted octanol–water partition coefficient (Wildman–Crippen LogP) is 7.71. The Morgan fingerprint density at radius 1 is 0.590 bits per heavy atom. The highest BCUT2D eigenvalue weighted by molar-refractivity contribution is 8.05. The average Bonchev–Trinajstić information content (AvgIpc) is 3.02. The van der Waals surface area contributed by atoms with Gasteiger partial charge in [0.2, 0.25) is 5.44 Å². The molecule has 0 radical (unpaired) electrons. The second-order valence-electron chi connectivity index (χ2n) is 8.89. The molecule has 0 saturated heterocycles. The summed E-state index contributed by atoms with van der Waals surface area (Å²) in [6.07, 6.45) is 0. The number of hydrogen-bond acceptors (Lipinski definition) is 2. The Bertz CT molecular complexity index is 1430. The van der Waals surface area contributed by atoms with Gasteiger partial charge in [-0.05, 0) is 54.1 Å². The molecule has 5 heteroatoms. The quantitative estimate of drug-likeness (QED) is 0.186. The van der Waals surface area contributed by atoms with E-state index in [1.54, 1.807) is 11.8 Å². The fourth-order valence-electron chi connectivity index (χ4n) is 4.61. The first-order chi connectivity index (χ1) is 19.2. The first-order valence-corrected chi connectivity index (χ1v) is 15.8. The maximum absolute atomic E-state index is 13.8. The van der Waals surface area contributed by atoms with Crippen LogP contribution < -0.4 is 21.2 Å². The van der Waals surface area contributed by atoms with Gasteiger partial charge in [0.1, 0.15) is 20.3 Å². The van der Waals surface area contributed by atoms with Gasteiger partial charge in [0.25, 0.3) is 5.91 Å². The number of nitrogens with one attached hydrogen (secondary N) is 1. The van der Waals surface area contributed by atoms with Gasteiger partial charge < -0.3 is 0 Å². The lowest BCUT2D eigenvalue weighted by Gasteiger charge is -2.30. The van der Waals surface area contributed by atoms with E-state index in [1.807, 2.05) is 66.7 Å². The minimum absolute atomic E-state index is 0.184. The summed E-state index contributed by atoms with van der Waals surface area (Å²) in [5.41, 5.74) is 2.49. The summed E-state index contributed by atoms with van der Waals surface area (Å²) >= 11 is 8.86. The van der Waals surface area contributed by atoms with E-state index in [4.69, 9.17) is 11.6 Å². The average molecular weight is 565 g/mol. The van der Waals surface area contributed by atoms with Crippen molar-refractivity contribution in [2.45, 2.75) is 5.75 Å². The lowest BCUT2D eigenvalue weighted by molar-refractivity contribution is 0.0968. The number of halogens is 1. The fraction of sp³-hybridized carbons (Fsp3) is 0.0294. The number of thioether (sulfide) groups is 1. The molecule has 0 atom stereocenters. The zero-order valence-electron chi connectivity index (χ0n) is 21.3. The highest BCUT2D eigenvalue weighted by Gasteiger charge is 2.52. The van der Waals surface area contributed by atoms with Crippen molar-refractivity contribution >= 4 is 52.4 Å². The maximum Gasteiger partial charge on any atom is 0.258 e. The molecule has 39 heavy (non-hydrogen) atoms. The van der Waals surface area contributed by atoms with Gasteiger partial charge in [-0.1, -0.05) is 115 Å². The monoisotopic (exact) mass is 564 g/mol. The summed E-state index contributed by atoms with van der Waals surface area (Å²) in [7, 11) is -2.62. The van der Waals surface area contributed by atoms with E-state index < -0.39 is 7.26 Å². The van der Waals surface area contributed by atoms with Gasteiger partial charge in [-0.2, -0.15) is 0 Å². The Kier molecular flexibility index (Phi) is 8.96. The molecule has 5 aromatic rings. The van der Waals surface area contributed by atoms with Crippen molar-refractivity contribution in [1.29, 1.82) is 0 Å². The summed E-state index contributed by atoms with van der Waals surface area (Å²) in [5.74, 6) is 0.499. The Morgan fingerprint density at radius 3 is 1.41 bits per heavy atom. The summed E-state index contributed by atoms with van der Waals surface area (Å²) in [5, 5.41) is 6.69. The third-order valence-corrected chi connectivity index (χ3v) is 12.4. The molecule has 0 aliphatic rings. The molecular formula is C34H28ClNOPS+. The molecule has 0 fully saturated rings. The van der Waals surface area contributed by atoms with Crippen LogP contribution in [0.15, 0.2) is 161 Å². The number of carbonyl (C=O) groups is 1. The lowest BCUT2D eigenvalue weighted by Crippen LogP contribution is -2.38. The SMILES string of the molecule is O=C(NC(=C(Cl)SCc1ccccc1)[P+](c1ccccc1)(c1ccccc1)c1ccccc1)c1ccccc1. The van der Waals surface area contributed by atoms with Gasteiger partial charge >= 0.3 is 0 Å². The molecule has 0 aliphatic heterocycles. The summed E-state index contributed by atoms with van der Waals surface area (Å²) < 4.78 is 0.577. The second-order valence-corrected chi connectivity index (χ2v) is 13.8. The largest absolute Gasteiger partial charge is 0.290 e. The first-order valence-electron chi connectivity index (χ1n) is 12.7. The molecule has 1 amide bonds. The molecule has 0 saturated carbocycles. The fourth-order valence-corrected chi connectivity index (χ4v) is 10.5. The van der Waals surface area contributed by atoms with Crippen LogP contribution in [0.5, 0.6) is 0 Å². The van der Waals surface area contributed by atoms with Crippen LogP contribution in [0.25, 0.3) is 0 Å². The Morgan fingerprint density at radius 2 is 0.974 bits per heavy atom. The third kappa shape index (κ3) is 6.02. The minimum Gasteiger partial charge on any atom is -0.290 e. The van der Waals surface area contributed by atoms with Crippen molar-refractivity contribution in [3.63, 3.8) is 0 Å². The molecule has 192 valence electrons. The van der Waals surface area contributed by atoms with Crippen molar-refractivity contribution in [3.05, 3.63) is 173 Å². The molecule has 0 aromatic heterocycles. The number of benzene rings is 5. The van der Waals surface area contributed by atoms with Gasteiger partial charge in [0.05, 0.1) is 0 Å². The molecule has 2 nitrogen and oxygen atoms in total. The van der Waals surface area contributed by atoms with Crippen LogP contribution in [0.1, 0.15) is 15.9 Å². The van der Waals surface area contributed by atoms with Crippen molar-refractivity contribution in [2.75, 3.05) is 0 Å². The van der Waals surface area contributed by atoms with E-state index >= 15 is 0 Å². The summed E-state index contributed by atoms with van der Waals surface area (Å²) in [6, 6.07) is 50.8. The molecule has 0 spiro atoms. The van der Waals surface area contributed by atoms with Gasteiger partial charge in [-0.25, -0.2) is 0 Å². The highest BCUT2D eigenvalue weighted by Crippen LogP contribution is 2.63. The minimum atomic E-state index is -2.62. The van der Waals surface area contributed by atoms with Crippen molar-refractivity contribution in [3.8, 4) is 0 Å². The molecule has 0 unspecified atom stereocenters. The van der Waals surface area contributed by atoms with Crippen LogP contribution >= 0.6 is 30.6 Å². The van der Waals surface area contributed by atoms with Crippen LogP contribution in [-0.4, -0.2) is 5.91 Å². The van der Waals surface area contributed by atoms with Crippen LogP contribution in [-0.2, 0) is 5.75 Å². The highest BCUT2D eigenvalue weighted by atomic mass is 35.5. The maximum atomic E-state index is 13.8. The van der Waals surface area contributed by atoms with Crippen molar-refractivity contribution < 1.29 is 4.79 Å². The lowest BCUT2D eigenvalue weighted by atomic mass is 10.2. The van der Waals surface area contributed by atoms with E-state index in [1.165, 1.54) is 0 Å². The van der Waals surface area contributed by atoms with Crippen LogP contribution in [0.3, 0.4) is 0 Å². The molecule has 0 bridgehead atoms. The van der Waals surface area contributed by atoms with Crippen LogP contribution in [0, 0.1) is 0 Å². The van der Waals surface area contributed by atoms with Gasteiger partial charge in [0, 0.05) is 11.3 Å². The Labute approximate surface area is 240 Å². The predicted molar refractivity (Wildman–Crippen MR) is 170 cm³/mol. The number of hydrogen-bond donors (Lipinski definition) is 1. The zero-order chi connectivity index (χ0) is 26.9. The van der Waals surface area contributed by atoms with E-state index in [-0.39, 0.29) is 5.91 Å². The normalized spacial score (nSPS) is 11.9. The number of rotatable bonds is 9. The van der Waals surface area contributed by atoms with Gasteiger partial charge in [-0.3, -0.25) is 10.1 Å². The van der Waals surface area contributed by atoms with Gasteiger partial charge in [0.15, 0.2) is 7.26 Å². The second kappa shape index (κ2) is 13.0. The molecule has 0 heterocycles. The van der Waals surface area contributed by atoms with E-state index in [9.17, 15) is 4.79 Å². The summed E-state index contributed by atoms with van der Waals surface area (Å²) in [4.78, 5) is 13.8.